The fourth-order valence-corrected chi connectivity index (χ4v) is 2.47. The van der Waals surface area contributed by atoms with Gasteiger partial charge in [0.05, 0.1) is 17.8 Å². The fraction of sp³-hybridized carbons (Fsp3) is 0.444. The molecule has 0 saturated carbocycles. The molecule has 0 radical (unpaired) electrons. The molecule has 0 amide bonds. The summed E-state index contributed by atoms with van der Waals surface area (Å²) >= 11 is 1.85. The number of nitrogens with two attached hydrogens (primary N) is 1. The second-order valence-corrected chi connectivity index (χ2v) is 4.30. The topological polar surface area (TPSA) is 42.1 Å². The van der Waals surface area contributed by atoms with E-state index in [4.69, 9.17) is 5.73 Å². The van der Waals surface area contributed by atoms with E-state index < -0.39 is 0 Å². The third-order valence-corrected chi connectivity index (χ3v) is 3.08. The van der Waals surface area contributed by atoms with E-state index in [1.807, 2.05) is 31.1 Å². The van der Waals surface area contributed by atoms with Crippen LogP contribution >= 0.6 is 11.8 Å². The molecule has 2 heterocycles. The van der Waals surface area contributed by atoms with Gasteiger partial charge >= 0.3 is 0 Å². The molecule has 4 heteroatoms. The fourth-order valence-electron chi connectivity index (χ4n) is 1.45. The van der Waals surface area contributed by atoms with Gasteiger partial charge in [0.1, 0.15) is 0 Å². The monoisotopic (exact) mass is 195 g/mol. The van der Waals surface area contributed by atoms with Gasteiger partial charge < -0.3 is 10.6 Å². The Balaban J connectivity index is 2.18. The lowest BCUT2D eigenvalue weighted by Crippen LogP contribution is -2.33. The first-order chi connectivity index (χ1) is 6.27. The first-order valence-corrected chi connectivity index (χ1v) is 5.33. The Morgan fingerprint density at radius 1 is 1.77 bits per heavy atom. The molecule has 1 aliphatic rings. The van der Waals surface area contributed by atoms with E-state index in [9.17, 15) is 0 Å². The molecule has 70 valence electrons. The average Bonchev–Trinajstić information content (AvgIpc) is 2.48. The standard InChI is InChI=1S/C9H13N3S/c1-7(10)5-12-6-13-9-2-3-11-4-8(9)12/h2-4,7H,5-6,10H2,1H3. The zero-order valence-electron chi connectivity index (χ0n) is 7.60. The molecule has 0 fully saturated rings. The van der Waals surface area contributed by atoms with Gasteiger partial charge in [0, 0.05) is 23.7 Å². The van der Waals surface area contributed by atoms with Crippen molar-refractivity contribution in [3.63, 3.8) is 0 Å². The van der Waals surface area contributed by atoms with Crippen molar-refractivity contribution < 1.29 is 0 Å². The van der Waals surface area contributed by atoms with Crippen LogP contribution in [0.25, 0.3) is 0 Å². The second kappa shape index (κ2) is 3.55. The van der Waals surface area contributed by atoms with Crippen LogP contribution in [0.2, 0.25) is 0 Å². The molecule has 0 aliphatic carbocycles. The summed E-state index contributed by atoms with van der Waals surface area (Å²) in [7, 11) is 0. The lowest BCUT2D eigenvalue weighted by atomic mass is 10.3. The Labute approximate surface area is 82.3 Å². The zero-order chi connectivity index (χ0) is 9.26. The maximum absolute atomic E-state index is 5.76. The number of pyridine rings is 1. The van der Waals surface area contributed by atoms with E-state index in [2.05, 4.69) is 16.0 Å². The summed E-state index contributed by atoms with van der Waals surface area (Å²) in [4.78, 5) is 7.71. The highest BCUT2D eigenvalue weighted by Gasteiger charge is 2.19. The van der Waals surface area contributed by atoms with Crippen LogP contribution in [0.5, 0.6) is 0 Å². The number of fused-ring (bicyclic) bond motifs is 1. The van der Waals surface area contributed by atoms with E-state index in [-0.39, 0.29) is 6.04 Å². The largest absolute Gasteiger partial charge is 0.358 e. The first kappa shape index (κ1) is 8.84. The Bertz CT molecular complexity index is 301. The van der Waals surface area contributed by atoms with Gasteiger partial charge in [0.25, 0.3) is 0 Å². The Kier molecular flexibility index (Phi) is 2.42. The van der Waals surface area contributed by atoms with Gasteiger partial charge in [-0.3, -0.25) is 4.98 Å². The minimum Gasteiger partial charge on any atom is -0.358 e. The third kappa shape index (κ3) is 1.78. The van der Waals surface area contributed by atoms with Gasteiger partial charge in [-0.15, -0.1) is 11.8 Å². The van der Waals surface area contributed by atoms with E-state index in [0.717, 1.165) is 12.4 Å². The molecule has 3 nitrogen and oxygen atoms in total. The van der Waals surface area contributed by atoms with E-state index in [1.54, 1.807) is 0 Å². The predicted molar refractivity (Wildman–Crippen MR) is 56.0 cm³/mol. The lowest BCUT2D eigenvalue weighted by Gasteiger charge is -2.19. The van der Waals surface area contributed by atoms with E-state index in [0.29, 0.717) is 0 Å². The molecule has 0 bridgehead atoms. The Morgan fingerprint density at radius 3 is 3.38 bits per heavy atom. The van der Waals surface area contributed by atoms with Crippen molar-refractivity contribution in [2.75, 3.05) is 17.3 Å². The van der Waals surface area contributed by atoms with Crippen LogP contribution in [0.1, 0.15) is 6.92 Å². The number of nitrogens with zero attached hydrogens (tertiary/aromatic N) is 2. The summed E-state index contributed by atoms with van der Waals surface area (Å²) in [5.41, 5.74) is 6.98. The molecule has 0 spiro atoms. The van der Waals surface area contributed by atoms with Gasteiger partial charge in [-0.1, -0.05) is 0 Å². The average molecular weight is 195 g/mol. The van der Waals surface area contributed by atoms with Crippen LogP contribution in [0.3, 0.4) is 0 Å². The summed E-state index contributed by atoms with van der Waals surface area (Å²) in [6.07, 6.45) is 3.75. The van der Waals surface area contributed by atoms with Crippen LogP contribution in [0.15, 0.2) is 23.4 Å². The zero-order valence-corrected chi connectivity index (χ0v) is 8.42. The summed E-state index contributed by atoms with van der Waals surface area (Å²) in [5, 5.41) is 0. The molecular formula is C9H13N3S. The van der Waals surface area contributed by atoms with Crippen LogP contribution < -0.4 is 10.6 Å². The minimum atomic E-state index is 0.215. The van der Waals surface area contributed by atoms with E-state index >= 15 is 0 Å². The Hall–Kier alpha value is -0.740. The van der Waals surface area contributed by atoms with Gasteiger partial charge in [-0.2, -0.15) is 0 Å². The minimum absolute atomic E-state index is 0.215. The molecule has 1 aliphatic heterocycles. The van der Waals surface area contributed by atoms with Gasteiger partial charge in [0.2, 0.25) is 0 Å². The highest BCUT2D eigenvalue weighted by atomic mass is 32.2. The van der Waals surface area contributed by atoms with Crippen molar-refractivity contribution in [1.82, 2.24) is 4.98 Å². The van der Waals surface area contributed by atoms with Crippen molar-refractivity contribution in [2.45, 2.75) is 17.9 Å². The van der Waals surface area contributed by atoms with Crippen LogP contribution in [-0.4, -0.2) is 23.4 Å². The summed E-state index contributed by atoms with van der Waals surface area (Å²) in [5.74, 6) is 1.00. The number of anilines is 1. The molecule has 0 saturated heterocycles. The highest BCUT2D eigenvalue weighted by Crippen LogP contribution is 2.37. The second-order valence-electron chi connectivity index (χ2n) is 3.32. The summed E-state index contributed by atoms with van der Waals surface area (Å²) in [6.45, 7) is 2.94. The SMILES string of the molecule is CC(N)CN1CSc2ccncc21. The number of hydrogen-bond acceptors (Lipinski definition) is 4. The Morgan fingerprint density at radius 2 is 2.62 bits per heavy atom. The molecule has 1 atom stereocenters. The smallest absolute Gasteiger partial charge is 0.0699 e. The van der Waals surface area contributed by atoms with Crippen molar-refractivity contribution in [2.24, 2.45) is 5.73 Å². The van der Waals surface area contributed by atoms with Crippen molar-refractivity contribution in [1.29, 1.82) is 0 Å². The summed E-state index contributed by atoms with van der Waals surface area (Å²) < 4.78 is 0. The van der Waals surface area contributed by atoms with Crippen LogP contribution in [0.4, 0.5) is 5.69 Å². The van der Waals surface area contributed by atoms with E-state index in [1.165, 1.54) is 10.6 Å². The lowest BCUT2D eigenvalue weighted by molar-refractivity contribution is 0.712. The van der Waals surface area contributed by atoms with Crippen molar-refractivity contribution in [3.8, 4) is 0 Å². The number of thioether (sulfide) groups is 1. The summed E-state index contributed by atoms with van der Waals surface area (Å²) in [6, 6.07) is 2.27. The number of aromatic nitrogens is 1. The molecule has 1 aromatic rings. The molecule has 2 rings (SSSR count). The van der Waals surface area contributed by atoms with Crippen LogP contribution in [0, 0.1) is 0 Å². The molecule has 1 unspecified atom stereocenters. The van der Waals surface area contributed by atoms with Crippen molar-refractivity contribution >= 4 is 17.4 Å². The molecule has 1 aromatic heterocycles. The quantitative estimate of drug-likeness (QED) is 0.772. The molecule has 13 heavy (non-hydrogen) atoms. The number of hydrogen-bond donors (Lipinski definition) is 1. The number of rotatable bonds is 2. The maximum atomic E-state index is 5.76. The van der Waals surface area contributed by atoms with Gasteiger partial charge in [-0.25, -0.2) is 0 Å². The molecular weight excluding hydrogens is 182 g/mol. The van der Waals surface area contributed by atoms with Crippen LogP contribution in [-0.2, 0) is 0 Å². The van der Waals surface area contributed by atoms with Gasteiger partial charge in [0.15, 0.2) is 0 Å². The molecule has 0 aromatic carbocycles. The highest BCUT2D eigenvalue weighted by molar-refractivity contribution is 7.99. The third-order valence-electron chi connectivity index (χ3n) is 1.99. The van der Waals surface area contributed by atoms with Gasteiger partial charge in [-0.05, 0) is 13.0 Å². The predicted octanol–water partition coefficient (Wildman–Crippen LogP) is 1.30. The molecule has 2 N–H and O–H groups in total. The van der Waals surface area contributed by atoms with Crippen molar-refractivity contribution in [3.05, 3.63) is 18.5 Å². The first-order valence-electron chi connectivity index (χ1n) is 4.34. The normalized spacial score (nSPS) is 17.2. The maximum Gasteiger partial charge on any atom is 0.0699 e.